The molecule has 0 amide bonds. The van der Waals surface area contributed by atoms with Gasteiger partial charge in [0.1, 0.15) is 11.5 Å². The second-order valence-corrected chi connectivity index (χ2v) is 5.17. The quantitative estimate of drug-likeness (QED) is 0.908. The van der Waals surface area contributed by atoms with E-state index in [1.807, 2.05) is 0 Å². The second-order valence-electron chi connectivity index (χ2n) is 5.17. The number of hydrogen-bond donors (Lipinski definition) is 1. The number of benzene rings is 1. The molecule has 1 aromatic rings. The number of phenolic OH excluding ortho intramolecular Hbond substituents is 1. The van der Waals surface area contributed by atoms with Crippen molar-refractivity contribution in [3.8, 4) is 11.5 Å². The number of alkyl halides is 2. The summed E-state index contributed by atoms with van der Waals surface area (Å²) in [4.78, 5) is 0. The molecule has 6 heteroatoms. The summed E-state index contributed by atoms with van der Waals surface area (Å²) in [7, 11) is 0. The molecule has 1 unspecified atom stereocenters. The third-order valence-corrected chi connectivity index (χ3v) is 3.74. The van der Waals surface area contributed by atoms with Gasteiger partial charge in [-0.1, -0.05) is 0 Å². The molecule has 0 bridgehead atoms. The fraction of sp³-hybridized carbons (Fsp3) is 0.571. The molecular weight excluding hydrogens is 270 g/mol. The van der Waals surface area contributed by atoms with Crippen LogP contribution < -0.4 is 4.74 Å². The van der Waals surface area contributed by atoms with Crippen LogP contribution in [0.2, 0.25) is 0 Å². The Labute approximate surface area is 115 Å². The Kier molecular flexibility index (Phi) is 3.30. The molecule has 1 heterocycles. The van der Waals surface area contributed by atoms with Crippen LogP contribution in [0.1, 0.15) is 19.3 Å². The largest absolute Gasteiger partial charge is 0.508 e. The summed E-state index contributed by atoms with van der Waals surface area (Å²) in [6.07, 6.45) is -1.44. The third-order valence-electron chi connectivity index (χ3n) is 3.74. The lowest BCUT2D eigenvalue weighted by Crippen LogP contribution is -2.51. The zero-order valence-corrected chi connectivity index (χ0v) is 10.9. The highest BCUT2D eigenvalue weighted by atomic mass is 19.3. The predicted molar refractivity (Wildman–Crippen MR) is 66.0 cm³/mol. The number of aromatic hydroxyl groups is 1. The molecule has 2 aliphatic rings. The van der Waals surface area contributed by atoms with Crippen LogP contribution in [0.15, 0.2) is 24.3 Å². The van der Waals surface area contributed by atoms with E-state index in [2.05, 4.69) is 0 Å². The Balaban J connectivity index is 1.76. The summed E-state index contributed by atoms with van der Waals surface area (Å²) in [5.74, 6) is -3.49. The van der Waals surface area contributed by atoms with Crippen molar-refractivity contribution in [3.05, 3.63) is 24.3 Å². The first kappa shape index (κ1) is 13.6. The highest BCUT2D eigenvalue weighted by Crippen LogP contribution is 2.44. The fourth-order valence-electron chi connectivity index (χ4n) is 2.63. The van der Waals surface area contributed by atoms with Gasteiger partial charge < -0.3 is 19.3 Å². The van der Waals surface area contributed by atoms with Crippen molar-refractivity contribution in [2.75, 3.05) is 13.2 Å². The van der Waals surface area contributed by atoms with Gasteiger partial charge >= 0.3 is 0 Å². The standard InChI is InChI=1S/C14H16F2O4/c15-14(16)6-5-13(18-7-8-19-13)9-12(14)20-11-3-1-10(17)2-4-11/h1-4,12,17H,5-9H2. The number of phenols is 1. The summed E-state index contributed by atoms with van der Waals surface area (Å²) < 4.78 is 44.3. The van der Waals surface area contributed by atoms with Crippen LogP contribution in [-0.4, -0.2) is 36.1 Å². The van der Waals surface area contributed by atoms with Gasteiger partial charge in [0.25, 0.3) is 5.92 Å². The Morgan fingerprint density at radius 1 is 1.10 bits per heavy atom. The molecule has 1 saturated heterocycles. The van der Waals surface area contributed by atoms with E-state index >= 15 is 0 Å². The van der Waals surface area contributed by atoms with Crippen LogP contribution in [0.4, 0.5) is 8.78 Å². The van der Waals surface area contributed by atoms with Gasteiger partial charge in [-0.15, -0.1) is 0 Å². The molecular formula is C14H16F2O4. The van der Waals surface area contributed by atoms with Crippen LogP contribution in [0, 0.1) is 0 Å². The molecule has 1 N–H and O–H groups in total. The Bertz CT molecular complexity index is 469. The van der Waals surface area contributed by atoms with Crippen molar-refractivity contribution in [2.24, 2.45) is 0 Å². The smallest absolute Gasteiger partial charge is 0.284 e. The molecule has 1 aliphatic carbocycles. The first-order chi connectivity index (χ1) is 9.49. The lowest BCUT2D eigenvalue weighted by Gasteiger charge is -2.40. The first-order valence-electron chi connectivity index (χ1n) is 6.61. The Morgan fingerprint density at radius 3 is 2.40 bits per heavy atom. The number of ether oxygens (including phenoxy) is 3. The van der Waals surface area contributed by atoms with E-state index in [0.717, 1.165) is 0 Å². The van der Waals surface area contributed by atoms with E-state index in [0.29, 0.717) is 19.0 Å². The van der Waals surface area contributed by atoms with E-state index in [-0.39, 0.29) is 25.0 Å². The number of hydrogen-bond acceptors (Lipinski definition) is 4. The van der Waals surface area contributed by atoms with Gasteiger partial charge in [-0.25, -0.2) is 8.78 Å². The molecule has 110 valence electrons. The zero-order chi connectivity index (χ0) is 14.2. The second kappa shape index (κ2) is 4.86. The highest BCUT2D eigenvalue weighted by molar-refractivity contribution is 5.30. The molecule has 2 fully saturated rings. The van der Waals surface area contributed by atoms with Crippen LogP contribution in [0.25, 0.3) is 0 Å². The van der Waals surface area contributed by atoms with Gasteiger partial charge in [-0.05, 0) is 24.3 Å². The summed E-state index contributed by atoms with van der Waals surface area (Å²) in [6, 6.07) is 5.72. The summed E-state index contributed by atoms with van der Waals surface area (Å²) in [5.41, 5.74) is 0. The molecule has 1 spiro atoms. The maximum atomic E-state index is 14.0. The van der Waals surface area contributed by atoms with Crippen LogP contribution in [-0.2, 0) is 9.47 Å². The van der Waals surface area contributed by atoms with E-state index < -0.39 is 17.8 Å². The zero-order valence-electron chi connectivity index (χ0n) is 10.9. The van der Waals surface area contributed by atoms with Gasteiger partial charge in [0, 0.05) is 19.3 Å². The lowest BCUT2D eigenvalue weighted by atomic mass is 9.88. The van der Waals surface area contributed by atoms with Crippen molar-refractivity contribution in [1.82, 2.24) is 0 Å². The van der Waals surface area contributed by atoms with Gasteiger partial charge in [-0.2, -0.15) is 0 Å². The summed E-state index contributed by atoms with van der Waals surface area (Å²) >= 11 is 0. The minimum absolute atomic E-state index is 0.000869. The normalized spacial score (nSPS) is 27.6. The molecule has 20 heavy (non-hydrogen) atoms. The Morgan fingerprint density at radius 2 is 1.75 bits per heavy atom. The number of rotatable bonds is 2. The average Bonchev–Trinajstić information content (AvgIpc) is 2.86. The molecule has 1 aromatic carbocycles. The van der Waals surface area contributed by atoms with Gasteiger partial charge in [-0.3, -0.25) is 0 Å². The minimum Gasteiger partial charge on any atom is -0.508 e. The topological polar surface area (TPSA) is 47.9 Å². The minimum atomic E-state index is -2.92. The van der Waals surface area contributed by atoms with Crippen molar-refractivity contribution in [3.63, 3.8) is 0 Å². The number of halogens is 2. The average molecular weight is 286 g/mol. The molecule has 0 radical (unpaired) electrons. The van der Waals surface area contributed by atoms with Gasteiger partial charge in [0.2, 0.25) is 0 Å². The van der Waals surface area contributed by atoms with Crippen LogP contribution >= 0.6 is 0 Å². The lowest BCUT2D eigenvalue weighted by molar-refractivity contribution is -0.242. The van der Waals surface area contributed by atoms with Crippen LogP contribution in [0.5, 0.6) is 11.5 Å². The van der Waals surface area contributed by atoms with Gasteiger partial charge in [0.05, 0.1) is 13.2 Å². The van der Waals surface area contributed by atoms with Crippen molar-refractivity contribution < 1.29 is 28.1 Å². The molecule has 4 nitrogen and oxygen atoms in total. The summed E-state index contributed by atoms with van der Waals surface area (Å²) in [6.45, 7) is 0.856. The Hall–Kier alpha value is -1.40. The summed E-state index contributed by atoms with van der Waals surface area (Å²) in [5, 5.41) is 9.19. The maximum absolute atomic E-state index is 14.0. The van der Waals surface area contributed by atoms with E-state index in [1.165, 1.54) is 24.3 Å². The van der Waals surface area contributed by atoms with Gasteiger partial charge in [0.15, 0.2) is 11.9 Å². The maximum Gasteiger partial charge on any atom is 0.284 e. The molecule has 1 atom stereocenters. The van der Waals surface area contributed by atoms with Crippen molar-refractivity contribution in [1.29, 1.82) is 0 Å². The molecule has 1 aliphatic heterocycles. The predicted octanol–water partition coefficient (Wildman–Crippen LogP) is 2.70. The molecule has 3 rings (SSSR count). The first-order valence-corrected chi connectivity index (χ1v) is 6.61. The monoisotopic (exact) mass is 286 g/mol. The molecule has 1 saturated carbocycles. The van der Waals surface area contributed by atoms with E-state index in [1.54, 1.807) is 0 Å². The molecule has 0 aromatic heterocycles. The van der Waals surface area contributed by atoms with Crippen molar-refractivity contribution >= 4 is 0 Å². The van der Waals surface area contributed by atoms with E-state index in [9.17, 15) is 13.9 Å². The highest BCUT2D eigenvalue weighted by Gasteiger charge is 2.54. The third kappa shape index (κ3) is 2.58. The SMILES string of the molecule is Oc1ccc(OC2CC3(CCC2(F)F)OCCO3)cc1. The fourth-order valence-corrected chi connectivity index (χ4v) is 2.63. The van der Waals surface area contributed by atoms with Crippen LogP contribution in [0.3, 0.4) is 0 Å². The van der Waals surface area contributed by atoms with E-state index in [4.69, 9.17) is 14.2 Å². The van der Waals surface area contributed by atoms with Crippen molar-refractivity contribution in [2.45, 2.75) is 37.1 Å².